The Morgan fingerprint density at radius 1 is 1.19 bits per heavy atom. The summed E-state index contributed by atoms with van der Waals surface area (Å²) in [5.74, 6) is -0.492. The quantitative estimate of drug-likeness (QED) is 0.789. The number of piperazine rings is 1. The van der Waals surface area contributed by atoms with Gasteiger partial charge in [-0.3, -0.25) is 4.79 Å². The Morgan fingerprint density at radius 2 is 1.81 bits per heavy atom. The molecule has 0 unspecified atom stereocenters. The number of carbonyl (C=O) groups is 1. The van der Waals surface area contributed by atoms with E-state index in [0.29, 0.717) is 26.2 Å². The number of halogens is 2. The predicted molar refractivity (Wildman–Crippen MR) is 96.1 cm³/mol. The summed E-state index contributed by atoms with van der Waals surface area (Å²) in [6, 6.07) is 3.27. The Labute approximate surface area is 158 Å². The number of carbonyl (C=O) groups excluding carboxylic acids is 1. The Balaban J connectivity index is 1.63. The Hall–Kier alpha value is -1.22. The van der Waals surface area contributed by atoms with Gasteiger partial charge in [-0.25, -0.2) is 12.8 Å². The number of rotatable bonds is 4. The molecule has 0 aliphatic carbocycles. The number of amides is 1. The Kier molecular flexibility index (Phi) is 5.86. The van der Waals surface area contributed by atoms with Gasteiger partial charge in [0.15, 0.2) is 6.04 Å². The molecule has 1 aromatic rings. The second-order valence-electron chi connectivity index (χ2n) is 6.89. The van der Waals surface area contributed by atoms with Crippen LogP contribution < -0.4 is 4.90 Å². The van der Waals surface area contributed by atoms with Crippen LogP contribution in [0.15, 0.2) is 23.1 Å². The maximum absolute atomic E-state index is 13.3. The van der Waals surface area contributed by atoms with Crippen molar-refractivity contribution in [2.75, 3.05) is 39.3 Å². The molecule has 26 heavy (non-hydrogen) atoms. The molecule has 2 aliphatic rings. The van der Waals surface area contributed by atoms with E-state index in [1.807, 2.05) is 11.8 Å². The molecule has 144 valence electrons. The summed E-state index contributed by atoms with van der Waals surface area (Å²) in [7, 11) is -3.71. The van der Waals surface area contributed by atoms with Crippen molar-refractivity contribution in [1.82, 2.24) is 9.21 Å². The number of quaternary nitrogens is 1. The summed E-state index contributed by atoms with van der Waals surface area (Å²) >= 11 is 5.72. The molecule has 1 aromatic carbocycles. The van der Waals surface area contributed by atoms with Crippen LogP contribution >= 0.6 is 11.6 Å². The fraction of sp³-hybridized carbons (Fsp3) is 0.588. The SMILES string of the molecule is C[C@H](C(=O)N1CCCC1)[NH+]1CCN(S(=O)(=O)c2ccc(F)c(Cl)c2)CC1. The van der Waals surface area contributed by atoms with Gasteiger partial charge in [0.1, 0.15) is 5.82 Å². The van der Waals surface area contributed by atoms with E-state index in [0.717, 1.165) is 43.0 Å². The molecule has 1 amide bonds. The highest BCUT2D eigenvalue weighted by Gasteiger charge is 2.36. The number of nitrogens with one attached hydrogen (secondary N) is 1. The molecule has 0 bridgehead atoms. The maximum atomic E-state index is 13.3. The summed E-state index contributed by atoms with van der Waals surface area (Å²) in [5.41, 5.74) is 0. The molecule has 0 radical (unpaired) electrons. The molecule has 2 aliphatic heterocycles. The van der Waals surface area contributed by atoms with Crippen LogP contribution in [0.3, 0.4) is 0 Å². The topological polar surface area (TPSA) is 62.1 Å². The lowest BCUT2D eigenvalue weighted by atomic mass is 10.2. The normalized spacial score (nSPS) is 21.1. The molecule has 9 heteroatoms. The van der Waals surface area contributed by atoms with E-state index in [9.17, 15) is 17.6 Å². The molecule has 0 spiro atoms. The van der Waals surface area contributed by atoms with Gasteiger partial charge >= 0.3 is 0 Å². The summed E-state index contributed by atoms with van der Waals surface area (Å²) in [4.78, 5) is 15.5. The van der Waals surface area contributed by atoms with Crippen molar-refractivity contribution in [2.45, 2.75) is 30.7 Å². The molecule has 2 heterocycles. The van der Waals surface area contributed by atoms with Crippen LogP contribution in [-0.2, 0) is 14.8 Å². The van der Waals surface area contributed by atoms with Gasteiger partial charge in [0, 0.05) is 13.1 Å². The van der Waals surface area contributed by atoms with Crippen molar-refractivity contribution in [2.24, 2.45) is 0 Å². The van der Waals surface area contributed by atoms with Crippen LogP contribution in [0.25, 0.3) is 0 Å². The summed E-state index contributed by atoms with van der Waals surface area (Å²) in [5, 5.41) is -0.208. The van der Waals surface area contributed by atoms with Crippen LogP contribution in [0.4, 0.5) is 4.39 Å². The van der Waals surface area contributed by atoms with E-state index < -0.39 is 15.8 Å². The standard InChI is InChI=1S/C17H23ClFN3O3S/c1-13(17(23)21-6-2-3-7-21)20-8-10-22(11-9-20)26(24,25)14-4-5-16(19)15(18)12-14/h4-5,12-13H,2-3,6-11H2,1H3/p+1/t13-/m1/s1. The van der Waals surface area contributed by atoms with Crippen molar-refractivity contribution >= 4 is 27.5 Å². The highest BCUT2D eigenvalue weighted by atomic mass is 35.5. The van der Waals surface area contributed by atoms with Crippen molar-refractivity contribution in [1.29, 1.82) is 0 Å². The molecule has 2 saturated heterocycles. The lowest BCUT2D eigenvalue weighted by Crippen LogP contribution is -3.19. The van der Waals surface area contributed by atoms with Crippen molar-refractivity contribution < 1.29 is 22.5 Å². The van der Waals surface area contributed by atoms with E-state index in [1.165, 1.54) is 10.4 Å². The zero-order valence-electron chi connectivity index (χ0n) is 14.7. The first-order valence-corrected chi connectivity index (χ1v) is 10.7. The van der Waals surface area contributed by atoms with E-state index in [1.54, 1.807) is 0 Å². The number of benzene rings is 1. The Bertz CT molecular complexity index is 775. The summed E-state index contributed by atoms with van der Waals surface area (Å²) < 4.78 is 40.1. The van der Waals surface area contributed by atoms with E-state index in [4.69, 9.17) is 11.6 Å². The molecule has 3 rings (SSSR count). The van der Waals surface area contributed by atoms with Crippen LogP contribution in [0, 0.1) is 5.82 Å². The number of sulfonamides is 1. The lowest BCUT2D eigenvalue weighted by molar-refractivity contribution is -0.918. The van der Waals surface area contributed by atoms with Crippen molar-refractivity contribution in [3.05, 3.63) is 29.0 Å². The largest absolute Gasteiger partial charge is 0.338 e. The van der Waals surface area contributed by atoms with Crippen molar-refractivity contribution in [3.63, 3.8) is 0 Å². The van der Waals surface area contributed by atoms with Gasteiger partial charge in [0.2, 0.25) is 10.0 Å². The minimum atomic E-state index is -3.71. The number of hydrogen-bond acceptors (Lipinski definition) is 3. The van der Waals surface area contributed by atoms with Gasteiger partial charge in [0.25, 0.3) is 5.91 Å². The fourth-order valence-electron chi connectivity index (χ4n) is 3.62. The van der Waals surface area contributed by atoms with E-state index >= 15 is 0 Å². The molecule has 0 saturated carbocycles. The minimum absolute atomic E-state index is 0.00598. The van der Waals surface area contributed by atoms with Crippen LogP contribution in [0.1, 0.15) is 19.8 Å². The zero-order chi connectivity index (χ0) is 18.9. The van der Waals surface area contributed by atoms with Gasteiger partial charge in [-0.05, 0) is 38.0 Å². The van der Waals surface area contributed by atoms with E-state index in [-0.39, 0.29) is 21.9 Å². The first kappa shape index (κ1) is 19.5. The van der Waals surface area contributed by atoms with Crippen molar-refractivity contribution in [3.8, 4) is 0 Å². The average molecular weight is 405 g/mol. The second kappa shape index (κ2) is 7.80. The average Bonchev–Trinajstić information content (AvgIpc) is 3.17. The Morgan fingerprint density at radius 3 is 2.38 bits per heavy atom. The third kappa shape index (κ3) is 3.88. The molecule has 0 aromatic heterocycles. The predicted octanol–water partition coefficient (Wildman–Crippen LogP) is 0.379. The third-order valence-corrected chi connectivity index (χ3v) is 7.48. The van der Waals surface area contributed by atoms with Gasteiger partial charge in [-0.2, -0.15) is 4.31 Å². The second-order valence-corrected chi connectivity index (χ2v) is 9.24. The highest BCUT2D eigenvalue weighted by Crippen LogP contribution is 2.22. The van der Waals surface area contributed by atoms with Gasteiger partial charge < -0.3 is 9.80 Å². The van der Waals surface area contributed by atoms with E-state index in [2.05, 4.69) is 0 Å². The summed E-state index contributed by atoms with van der Waals surface area (Å²) in [6.07, 6.45) is 2.11. The lowest BCUT2D eigenvalue weighted by Gasteiger charge is -2.35. The minimum Gasteiger partial charge on any atom is -0.338 e. The first-order valence-electron chi connectivity index (χ1n) is 8.89. The number of hydrogen-bond donors (Lipinski definition) is 1. The maximum Gasteiger partial charge on any atom is 0.280 e. The monoisotopic (exact) mass is 404 g/mol. The van der Waals surface area contributed by atoms with Crippen LogP contribution in [0.2, 0.25) is 5.02 Å². The molecule has 6 nitrogen and oxygen atoms in total. The number of nitrogens with zero attached hydrogens (tertiary/aromatic N) is 2. The molecular formula is C17H24ClFN3O3S+. The molecule has 1 atom stereocenters. The van der Waals surface area contributed by atoms with Gasteiger partial charge in [-0.1, -0.05) is 11.6 Å². The number of likely N-dealkylation sites (tertiary alicyclic amines) is 1. The molecular weight excluding hydrogens is 381 g/mol. The summed E-state index contributed by atoms with van der Waals surface area (Å²) in [6.45, 7) is 5.34. The molecule has 2 fully saturated rings. The zero-order valence-corrected chi connectivity index (χ0v) is 16.3. The van der Waals surface area contributed by atoms with Gasteiger partial charge in [-0.15, -0.1) is 0 Å². The third-order valence-electron chi connectivity index (χ3n) is 5.29. The van der Waals surface area contributed by atoms with Crippen LogP contribution in [0.5, 0.6) is 0 Å². The highest BCUT2D eigenvalue weighted by molar-refractivity contribution is 7.89. The fourth-order valence-corrected chi connectivity index (χ4v) is 5.33. The molecule has 1 N–H and O–H groups in total. The van der Waals surface area contributed by atoms with Gasteiger partial charge in [0.05, 0.1) is 36.1 Å². The first-order chi connectivity index (χ1) is 12.3. The smallest absolute Gasteiger partial charge is 0.280 e. The van der Waals surface area contributed by atoms with Crippen LogP contribution in [-0.4, -0.2) is 68.8 Å².